The molecule has 9 nitrogen and oxygen atoms in total. The van der Waals surface area contributed by atoms with Crippen molar-refractivity contribution in [2.45, 2.75) is 6.18 Å². The van der Waals surface area contributed by atoms with E-state index in [2.05, 4.69) is 19.9 Å². The molecule has 12 heteroatoms. The van der Waals surface area contributed by atoms with E-state index in [1.165, 1.54) is 21.7 Å². The second-order valence-electron chi connectivity index (χ2n) is 6.19. The molecule has 1 aliphatic rings. The van der Waals surface area contributed by atoms with Crippen molar-refractivity contribution in [1.82, 2.24) is 29.2 Å². The van der Waals surface area contributed by atoms with Gasteiger partial charge in [0.25, 0.3) is 0 Å². The van der Waals surface area contributed by atoms with Crippen molar-refractivity contribution in [3.63, 3.8) is 0 Å². The van der Waals surface area contributed by atoms with Crippen LogP contribution in [0.4, 0.5) is 23.8 Å². The number of alkyl halides is 3. The first-order valence-corrected chi connectivity index (χ1v) is 8.36. The van der Waals surface area contributed by atoms with Crippen LogP contribution in [0, 0.1) is 0 Å². The molecule has 0 atom stereocenters. The predicted molar refractivity (Wildman–Crippen MR) is 92.4 cm³/mol. The second-order valence-corrected chi connectivity index (χ2v) is 6.19. The lowest BCUT2D eigenvalue weighted by molar-refractivity contribution is -0.141. The topological polar surface area (TPSA) is 106 Å². The van der Waals surface area contributed by atoms with Crippen molar-refractivity contribution in [2.24, 2.45) is 5.73 Å². The summed E-state index contributed by atoms with van der Waals surface area (Å²) >= 11 is 0. The molecule has 2 N–H and O–H groups in total. The molecule has 3 aromatic rings. The zero-order chi connectivity index (χ0) is 19.9. The molecule has 4 rings (SSSR count). The number of nitrogens with zero attached hydrogens (tertiary/aromatic N) is 7. The smallest absolute Gasteiger partial charge is 0.353 e. The second kappa shape index (κ2) is 6.62. The number of anilines is 1. The Kier molecular flexibility index (Phi) is 4.24. The van der Waals surface area contributed by atoms with E-state index in [4.69, 9.17) is 5.73 Å². The molecule has 0 aliphatic carbocycles. The molecule has 1 fully saturated rings. The molecular weight excluding hydrogens is 377 g/mol. The Balaban J connectivity index is 1.66. The summed E-state index contributed by atoms with van der Waals surface area (Å²) in [6.45, 7) is 2.00. The van der Waals surface area contributed by atoms with Crippen LogP contribution in [0.2, 0.25) is 0 Å². The van der Waals surface area contributed by atoms with Gasteiger partial charge in [0.15, 0.2) is 17.2 Å². The molecule has 3 aromatic heterocycles. The van der Waals surface area contributed by atoms with E-state index in [1.54, 1.807) is 6.07 Å². The number of hydrogen-bond donors (Lipinski definition) is 1. The fourth-order valence-electron chi connectivity index (χ4n) is 3.01. The summed E-state index contributed by atoms with van der Waals surface area (Å²) in [6.07, 6.45) is 0.293. The number of amides is 2. The maximum Gasteiger partial charge on any atom is 0.434 e. The molecule has 0 spiro atoms. The van der Waals surface area contributed by atoms with Gasteiger partial charge in [0, 0.05) is 38.6 Å². The number of carbonyl (C=O) groups excluding carboxylic acids is 1. The summed E-state index contributed by atoms with van der Waals surface area (Å²) in [5.74, 6) is 0.843. The fourth-order valence-corrected chi connectivity index (χ4v) is 3.01. The number of piperazine rings is 1. The normalized spacial score (nSPS) is 15.2. The van der Waals surface area contributed by atoms with E-state index in [0.717, 1.165) is 12.4 Å². The highest BCUT2D eigenvalue weighted by Gasteiger charge is 2.33. The van der Waals surface area contributed by atoms with E-state index < -0.39 is 17.9 Å². The van der Waals surface area contributed by atoms with Gasteiger partial charge < -0.3 is 15.5 Å². The molecule has 0 radical (unpaired) electrons. The van der Waals surface area contributed by atoms with E-state index in [1.807, 2.05) is 4.90 Å². The van der Waals surface area contributed by atoms with Gasteiger partial charge in [0.2, 0.25) is 0 Å². The van der Waals surface area contributed by atoms with Crippen LogP contribution in [0.25, 0.3) is 17.2 Å². The van der Waals surface area contributed by atoms with Crippen molar-refractivity contribution in [3.05, 3.63) is 36.5 Å². The number of urea groups is 1. The Morgan fingerprint density at radius 3 is 2.50 bits per heavy atom. The van der Waals surface area contributed by atoms with Crippen molar-refractivity contribution >= 4 is 17.5 Å². The number of halogens is 3. The van der Waals surface area contributed by atoms with Crippen LogP contribution in [0.1, 0.15) is 5.69 Å². The molecule has 0 unspecified atom stereocenters. The number of rotatable bonds is 2. The van der Waals surface area contributed by atoms with Crippen LogP contribution in [0.15, 0.2) is 30.9 Å². The highest BCUT2D eigenvalue weighted by molar-refractivity contribution is 5.72. The fraction of sp³-hybridized carbons (Fsp3) is 0.312. The Morgan fingerprint density at radius 2 is 1.82 bits per heavy atom. The zero-order valence-electron chi connectivity index (χ0n) is 14.5. The van der Waals surface area contributed by atoms with Crippen LogP contribution in [0.3, 0.4) is 0 Å². The number of primary amides is 1. The standard InChI is InChI=1S/C16H15F3N8O/c17-16(18,19)11-9-27-10(7-23-13(27)8-22-11)14-21-2-1-12(24-14)25-3-5-26(6-4-25)15(20)28/h1-2,7-9H,3-6H2,(H2,20,28). The van der Waals surface area contributed by atoms with Gasteiger partial charge in [-0.3, -0.25) is 4.40 Å². The minimum absolute atomic E-state index is 0.238. The average Bonchev–Trinajstić information content (AvgIpc) is 3.11. The molecule has 28 heavy (non-hydrogen) atoms. The average molecular weight is 392 g/mol. The van der Waals surface area contributed by atoms with Gasteiger partial charge in [0.1, 0.15) is 11.5 Å². The van der Waals surface area contributed by atoms with Gasteiger partial charge in [-0.15, -0.1) is 0 Å². The summed E-state index contributed by atoms with van der Waals surface area (Å²) in [6, 6.07) is 1.23. The van der Waals surface area contributed by atoms with Crippen LogP contribution in [-0.4, -0.2) is 61.4 Å². The Hall–Kier alpha value is -3.44. The van der Waals surface area contributed by atoms with Crippen LogP contribution < -0.4 is 10.6 Å². The maximum absolute atomic E-state index is 13.0. The first-order chi connectivity index (χ1) is 13.3. The highest BCUT2D eigenvalue weighted by atomic mass is 19.4. The largest absolute Gasteiger partial charge is 0.434 e. The van der Waals surface area contributed by atoms with E-state index in [-0.39, 0.29) is 11.5 Å². The molecule has 0 saturated carbocycles. The van der Waals surface area contributed by atoms with E-state index in [9.17, 15) is 18.0 Å². The number of aromatic nitrogens is 5. The number of imidazole rings is 1. The van der Waals surface area contributed by atoms with Crippen molar-refractivity contribution in [1.29, 1.82) is 0 Å². The van der Waals surface area contributed by atoms with Crippen LogP contribution in [0.5, 0.6) is 0 Å². The molecule has 2 amide bonds. The first kappa shape index (κ1) is 17.9. The van der Waals surface area contributed by atoms with Gasteiger partial charge in [-0.25, -0.2) is 24.7 Å². The summed E-state index contributed by atoms with van der Waals surface area (Å²) in [4.78, 5) is 30.8. The minimum Gasteiger partial charge on any atom is -0.353 e. The summed E-state index contributed by atoms with van der Waals surface area (Å²) < 4.78 is 40.2. The third-order valence-corrected chi connectivity index (χ3v) is 4.47. The van der Waals surface area contributed by atoms with Crippen molar-refractivity contribution < 1.29 is 18.0 Å². The van der Waals surface area contributed by atoms with E-state index in [0.29, 0.717) is 37.7 Å². The number of hydrogen-bond acceptors (Lipinski definition) is 6. The monoisotopic (exact) mass is 392 g/mol. The molecule has 146 valence electrons. The molecule has 0 aromatic carbocycles. The van der Waals surface area contributed by atoms with Gasteiger partial charge in [-0.2, -0.15) is 13.2 Å². The Labute approximate surface area is 156 Å². The summed E-state index contributed by atoms with van der Waals surface area (Å²) in [5.41, 5.74) is 4.83. The van der Waals surface area contributed by atoms with E-state index >= 15 is 0 Å². The van der Waals surface area contributed by atoms with Gasteiger partial charge >= 0.3 is 12.2 Å². The maximum atomic E-state index is 13.0. The lowest BCUT2D eigenvalue weighted by atomic mass is 10.3. The molecular formula is C16H15F3N8O. The van der Waals surface area contributed by atoms with Gasteiger partial charge in [-0.1, -0.05) is 0 Å². The summed E-state index contributed by atoms with van der Waals surface area (Å²) in [7, 11) is 0. The first-order valence-electron chi connectivity index (χ1n) is 8.36. The molecule has 0 bridgehead atoms. The molecule has 1 aliphatic heterocycles. The number of fused-ring (bicyclic) bond motifs is 1. The van der Waals surface area contributed by atoms with Crippen molar-refractivity contribution in [2.75, 3.05) is 31.1 Å². The lowest BCUT2D eigenvalue weighted by Gasteiger charge is -2.34. The van der Waals surface area contributed by atoms with Crippen LogP contribution in [-0.2, 0) is 6.18 Å². The van der Waals surface area contributed by atoms with Gasteiger partial charge in [-0.05, 0) is 6.07 Å². The van der Waals surface area contributed by atoms with Crippen LogP contribution >= 0.6 is 0 Å². The lowest BCUT2D eigenvalue weighted by Crippen LogP contribution is -2.50. The Morgan fingerprint density at radius 1 is 1.07 bits per heavy atom. The summed E-state index contributed by atoms with van der Waals surface area (Å²) in [5, 5.41) is 0. The number of carbonyl (C=O) groups is 1. The molecule has 4 heterocycles. The SMILES string of the molecule is NC(=O)N1CCN(c2ccnc(-c3cnc4cnc(C(F)(F)F)cn34)n2)CC1. The third kappa shape index (κ3) is 3.28. The number of nitrogens with two attached hydrogens (primary N) is 1. The van der Waals surface area contributed by atoms with Gasteiger partial charge in [0.05, 0.1) is 12.4 Å². The third-order valence-electron chi connectivity index (χ3n) is 4.47. The predicted octanol–water partition coefficient (Wildman–Crippen LogP) is 1.41. The quantitative estimate of drug-likeness (QED) is 0.707. The molecule has 1 saturated heterocycles. The van der Waals surface area contributed by atoms with Crippen molar-refractivity contribution in [3.8, 4) is 11.5 Å². The minimum atomic E-state index is -4.57. The highest BCUT2D eigenvalue weighted by Crippen LogP contribution is 2.28. The Bertz CT molecular complexity index is 1030. The zero-order valence-corrected chi connectivity index (χ0v) is 14.5.